The number of rotatable bonds is 6. The molecule has 0 aliphatic heterocycles. The lowest BCUT2D eigenvalue weighted by atomic mass is 10.2. The molecule has 0 fully saturated rings. The van der Waals surface area contributed by atoms with Crippen LogP contribution in [0, 0.1) is 6.92 Å². The lowest BCUT2D eigenvalue weighted by Crippen LogP contribution is -2.36. The third-order valence-electron chi connectivity index (χ3n) is 3.24. The fourth-order valence-electron chi connectivity index (χ4n) is 2.24. The van der Waals surface area contributed by atoms with Gasteiger partial charge in [0.05, 0.1) is 5.69 Å². The fraction of sp³-hybridized carbons (Fsp3) is 0.467. The van der Waals surface area contributed by atoms with Gasteiger partial charge in [-0.3, -0.25) is 0 Å². The van der Waals surface area contributed by atoms with E-state index in [0.717, 1.165) is 37.3 Å². The second-order valence-corrected chi connectivity index (χ2v) is 5.11. The number of aromatic nitrogens is 4. The number of carbonyl (C=O) groups is 1. The fourth-order valence-corrected chi connectivity index (χ4v) is 2.24. The van der Waals surface area contributed by atoms with Crippen molar-refractivity contribution in [3.63, 3.8) is 0 Å². The van der Waals surface area contributed by atoms with Crippen LogP contribution in [0.3, 0.4) is 0 Å². The Morgan fingerprint density at radius 1 is 1.27 bits per heavy atom. The number of hydrogen-bond donors (Lipinski definition) is 1. The smallest absolute Gasteiger partial charge is 0.321 e. The van der Waals surface area contributed by atoms with E-state index in [2.05, 4.69) is 34.7 Å². The van der Waals surface area contributed by atoms with Gasteiger partial charge in [-0.15, -0.1) is 5.10 Å². The molecule has 118 valence electrons. The van der Waals surface area contributed by atoms with Crippen LogP contribution in [0.2, 0.25) is 0 Å². The van der Waals surface area contributed by atoms with Crippen molar-refractivity contribution in [1.29, 1.82) is 0 Å². The van der Waals surface area contributed by atoms with Gasteiger partial charge in [-0.25, -0.2) is 4.79 Å². The predicted molar refractivity (Wildman–Crippen MR) is 85.1 cm³/mol. The molecule has 1 aromatic heterocycles. The van der Waals surface area contributed by atoms with E-state index in [1.54, 1.807) is 4.68 Å². The van der Waals surface area contributed by atoms with Gasteiger partial charge in [-0.1, -0.05) is 19.9 Å². The molecule has 2 amide bonds. The van der Waals surface area contributed by atoms with E-state index in [9.17, 15) is 4.79 Å². The molecule has 1 N–H and O–H groups in total. The Balaban J connectivity index is 2.13. The molecule has 1 heterocycles. The molecule has 7 nitrogen and oxygen atoms in total. The van der Waals surface area contributed by atoms with Gasteiger partial charge in [0, 0.05) is 18.8 Å². The quantitative estimate of drug-likeness (QED) is 0.890. The first kappa shape index (κ1) is 15.9. The van der Waals surface area contributed by atoms with Crippen molar-refractivity contribution < 1.29 is 4.79 Å². The van der Waals surface area contributed by atoms with E-state index < -0.39 is 0 Å². The van der Waals surface area contributed by atoms with E-state index in [1.807, 2.05) is 36.1 Å². The van der Waals surface area contributed by atoms with Crippen LogP contribution in [0.1, 0.15) is 32.5 Å². The van der Waals surface area contributed by atoms with Gasteiger partial charge in [-0.2, -0.15) is 4.68 Å². The summed E-state index contributed by atoms with van der Waals surface area (Å²) in [7, 11) is 0. The van der Waals surface area contributed by atoms with E-state index in [0.29, 0.717) is 5.82 Å². The molecule has 0 bridgehead atoms. The van der Waals surface area contributed by atoms with Crippen LogP contribution in [0.5, 0.6) is 0 Å². The number of benzene rings is 1. The molecule has 1 aromatic carbocycles. The zero-order valence-electron chi connectivity index (χ0n) is 13.3. The van der Waals surface area contributed by atoms with Crippen molar-refractivity contribution in [3.05, 3.63) is 30.1 Å². The van der Waals surface area contributed by atoms with Crippen molar-refractivity contribution in [2.75, 3.05) is 18.4 Å². The first-order chi connectivity index (χ1) is 10.7. The number of hydrogen-bond acceptors (Lipinski definition) is 4. The third-order valence-corrected chi connectivity index (χ3v) is 3.24. The van der Waals surface area contributed by atoms with Crippen LogP contribution in [0.25, 0.3) is 5.69 Å². The number of urea groups is 1. The summed E-state index contributed by atoms with van der Waals surface area (Å²) in [5.74, 6) is 0.696. The van der Waals surface area contributed by atoms with E-state index in [1.165, 1.54) is 0 Å². The predicted octanol–water partition coefficient (Wildman–Crippen LogP) is 2.62. The minimum atomic E-state index is -0.0747. The van der Waals surface area contributed by atoms with Gasteiger partial charge in [0.1, 0.15) is 0 Å². The Morgan fingerprint density at radius 2 is 2.00 bits per heavy atom. The van der Waals surface area contributed by atoms with Crippen LogP contribution in [-0.4, -0.2) is 44.2 Å². The number of carbonyl (C=O) groups excluding carboxylic acids is 1. The Morgan fingerprint density at radius 3 is 2.59 bits per heavy atom. The van der Waals surface area contributed by atoms with Crippen LogP contribution >= 0.6 is 0 Å². The minimum Gasteiger partial charge on any atom is -0.325 e. The molecule has 0 unspecified atom stereocenters. The highest BCUT2D eigenvalue weighted by Crippen LogP contribution is 2.15. The van der Waals surface area contributed by atoms with Gasteiger partial charge >= 0.3 is 6.03 Å². The van der Waals surface area contributed by atoms with Crippen LogP contribution in [-0.2, 0) is 0 Å². The Hall–Kier alpha value is -2.44. The van der Waals surface area contributed by atoms with Crippen molar-refractivity contribution in [3.8, 4) is 5.69 Å². The van der Waals surface area contributed by atoms with E-state index in [-0.39, 0.29) is 6.03 Å². The zero-order chi connectivity index (χ0) is 15.9. The van der Waals surface area contributed by atoms with Gasteiger partial charge in [0.15, 0.2) is 5.82 Å². The number of amides is 2. The molecule has 0 aliphatic rings. The van der Waals surface area contributed by atoms with Gasteiger partial charge < -0.3 is 10.2 Å². The van der Waals surface area contributed by atoms with Crippen LogP contribution in [0.4, 0.5) is 10.5 Å². The molecule has 0 atom stereocenters. The largest absolute Gasteiger partial charge is 0.325 e. The molecule has 2 rings (SSSR count). The average Bonchev–Trinajstić information content (AvgIpc) is 2.93. The maximum Gasteiger partial charge on any atom is 0.321 e. The highest BCUT2D eigenvalue weighted by atomic mass is 16.2. The summed E-state index contributed by atoms with van der Waals surface area (Å²) < 4.78 is 1.63. The summed E-state index contributed by atoms with van der Waals surface area (Å²) in [6, 6.07) is 7.41. The van der Waals surface area contributed by atoms with Gasteiger partial charge in [0.25, 0.3) is 0 Å². The minimum absolute atomic E-state index is 0.0747. The molecule has 0 saturated heterocycles. The lowest BCUT2D eigenvalue weighted by molar-refractivity contribution is 0.211. The summed E-state index contributed by atoms with van der Waals surface area (Å²) in [5.41, 5.74) is 1.55. The summed E-state index contributed by atoms with van der Waals surface area (Å²) in [6.07, 6.45) is 1.88. The van der Waals surface area contributed by atoms with Crippen molar-refractivity contribution >= 4 is 11.7 Å². The maximum absolute atomic E-state index is 12.3. The molecule has 2 aromatic rings. The Kier molecular flexibility index (Phi) is 5.46. The first-order valence-electron chi connectivity index (χ1n) is 7.57. The zero-order valence-corrected chi connectivity index (χ0v) is 13.3. The molecular weight excluding hydrogens is 280 g/mol. The normalized spacial score (nSPS) is 10.5. The molecule has 7 heteroatoms. The SMILES string of the molecule is CCCN(CCC)C(=O)Nc1cccc(-n2nnnc2C)c1. The van der Waals surface area contributed by atoms with Crippen molar-refractivity contribution in [2.24, 2.45) is 0 Å². The Labute approximate surface area is 130 Å². The first-order valence-corrected chi connectivity index (χ1v) is 7.57. The van der Waals surface area contributed by atoms with Gasteiger partial charge in [0.2, 0.25) is 0 Å². The van der Waals surface area contributed by atoms with E-state index >= 15 is 0 Å². The van der Waals surface area contributed by atoms with Crippen LogP contribution in [0.15, 0.2) is 24.3 Å². The Bertz CT molecular complexity index is 618. The maximum atomic E-state index is 12.3. The topological polar surface area (TPSA) is 75.9 Å². The standard InChI is InChI=1S/C15H22N6O/c1-4-9-20(10-5-2)15(22)16-13-7-6-8-14(11-13)21-12(3)17-18-19-21/h6-8,11H,4-5,9-10H2,1-3H3,(H,16,22). The molecule has 0 spiro atoms. The number of aryl methyl sites for hydroxylation is 1. The second kappa shape index (κ2) is 7.53. The molecular formula is C15H22N6O. The number of nitrogens with one attached hydrogen (secondary N) is 1. The van der Waals surface area contributed by atoms with Crippen molar-refractivity contribution in [1.82, 2.24) is 25.1 Å². The highest BCUT2D eigenvalue weighted by Gasteiger charge is 2.12. The molecule has 0 saturated carbocycles. The number of tetrazole rings is 1. The number of anilines is 1. The van der Waals surface area contributed by atoms with Gasteiger partial charge in [-0.05, 0) is 48.4 Å². The molecule has 0 radical (unpaired) electrons. The summed E-state index contributed by atoms with van der Waals surface area (Å²) in [5, 5.41) is 14.4. The van der Waals surface area contributed by atoms with Crippen molar-refractivity contribution in [2.45, 2.75) is 33.6 Å². The highest BCUT2D eigenvalue weighted by molar-refractivity contribution is 5.89. The molecule has 0 aliphatic carbocycles. The number of nitrogens with zero attached hydrogens (tertiary/aromatic N) is 5. The lowest BCUT2D eigenvalue weighted by Gasteiger charge is -2.22. The average molecular weight is 302 g/mol. The monoisotopic (exact) mass is 302 g/mol. The summed E-state index contributed by atoms with van der Waals surface area (Å²) in [6.45, 7) is 7.47. The van der Waals surface area contributed by atoms with E-state index in [4.69, 9.17) is 0 Å². The summed E-state index contributed by atoms with van der Waals surface area (Å²) >= 11 is 0. The third kappa shape index (κ3) is 3.81. The molecule has 22 heavy (non-hydrogen) atoms. The second-order valence-electron chi connectivity index (χ2n) is 5.11. The van der Waals surface area contributed by atoms with Crippen LogP contribution < -0.4 is 5.32 Å². The summed E-state index contributed by atoms with van der Waals surface area (Å²) in [4.78, 5) is 14.2.